The molecule has 0 saturated carbocycles. The monoisotopic (exact) mass is 1560 g/mol. The third-order valence-electron chi connectivity index (χ3n) is 17.0. The van der Waals surface area contributed by atoms with Gasteiger partial charge in [0, 0.05) is 65.2 Å². The van der Waals surface area contributed by atoms with E-state index in [0.717, 1.165) is 0 Å². The molecule has 12 amide bonds. The lowest BCUT2D eigenvalue weighted by Crippen LogP contribution is -2.58. The zero-order chi connectivity index (χ0) is 82.0. The van der Waals surface area contributed by atoms with Crippen molar-refractivity contribution in [2.45, 2.75) is 138 Å². The van der Waals surface area contributed by atoms with Gasteiger partial charge in [-0.05, 0) is 75.3 Å². The van der Waals surface area contributed by atoms with E-state index in [4.69, 9.17) is 22.3 Å². The number of carbonyl (C=O) groups is 17. The molecule has 0 radical (unpaired) electrons. The van der Waals surface area contributed by atoms with Gasteiger partial charge in [0.25, 0.3) is 0 Å². The maximum atomic E-state index is 14.2. The van der Waals surface area contributed by atoms with Gasteiger partial charge in [0.2, 0.25) is 70.9 Å². The second-order valence-electron chi connectivity index (χ2n) is 26.2. The summed E-state index contributed by atoms with van der Waals surface area (Å²) in [7, 11) is 0. The molecule has 0 bridgehead atoms. The van der Waals surface area contributed by atoms with Crippen molar-refractivity contribution in [1.82, 2.24) is 89.1 Å². The summed E-state index contributed by atoms with van der Waals surface area (Å²) in [5.74, 6) is -18.6. The second kappa shape index (κ2) is 49.0. The zero-order valence-electron chi connectivity index (χ0n) is 61.1. The van der Waals surface area contributed by atoms with E-state index in [1.165, 1.54) is 14.7 Å². The molecule has 2 aliphatic heterocycles. The molecule has 0 aliphatic carbocycles. The number of rotatable bonds is 42. The van der Waals surface area contributed by atoms with E-state index in [9.17, 15) is 107 Å². The number of amides is 12. The van der Waals surface area contributed by atoms with Gasteiger partial charge in [0.15, 0.2) is 11.9 Å². The van der Waals surface area contributed by atoms with Gasteiger partial charge in [-0.15, -0.1) is 0 Å². The molecule has 43 nitrogen and oxygen atoms in total. The van der Waals surface area contributed by atoms with Gasteiger partial charge >= 0.3 is 29.8 Å². The highest BCUT2D eigenvalue weighted by Crippen LogP contribution is 2.13. The topological polar surface area (TPSA) is 669 Å². The third-order valence-corrected chi connectivity index (χ3v) is 17.0. The molecule has 610 valence electrons. The molecule has 2 aromatic rings. The predicted molar refractivity (Wildman–Crippen MR) is 391 cm³/mol. The van der Waals surface area contributed by atoms with E-state index in [1.54, 1.807) is 60.7 Å². The van der Waals surface area contributed by atoms with Crippen LogP contribution in [0.4, 0.5) is 0 Å². The number of nitrogens with zero attached hydrogens (tertiary/aromatic N) is 3. The van der Waals surface area contributed by atoms with Crippen LogP contribution in [0.15, 0.2) is 60.7 Å². The Labute approximate surface area is 637 Å². The SMILES string of the molecule is N=C(N)NCCCC1NC(=O)[C@H](CCCCNC(=O)CN(CCN(CCN(CC(=O)O)CC(=O)NCCCC[C@@H]2NC(=O)[C@@H](Cc3ccccc3)NC(=O)[C@H](CC(=O)O)NC(=O)CNC(=O)[C@H](CCCNC(=N)N)NC2=O)CC(=O)O)CC(=O)O)NC(=O)[C@@H](Cc2ccccc2)NC(=O)[C@H](CC(=O)O)NC(=O)CNC1=O. The molecule has 25 N–H and O–H groups in total. The summed E-state index contributed by atoms with van der Waals surface area (Å²) in [4.78, 5) is 228. The Hall–Kier alpha value is -12.2. The van der Waals surface area contributed by atoms with Crippen LogP contribution in [0, 0.1) is 10.8 Å². The summed E-state index contributed by atoms with van der Waals surface area (Å²) in [6, 6.07) is 4.68. The first-order valence-electron chi connectivity index (χ1n) is 35.7. The summed E-state index contributed by atoms with van der Waals surface area (Å²) < 4.78 is 0. The fourth-order valence-corrected chi connectivity index (χ4v) is 11.5. The van der Waals surface area contributed by atoms with Gasteiger partial charge in [-0.2, -0.15) is 0 Å². The van der Waals surface area contributed by atoms with E-state index in [0.29, 0.717) is 11.1 Å². The van der Waals surface area contributed by atoms with Crippen LogP contribution in [0.1, 0.15) is 88.2 Å². The van der Waals surface area contributed by atoms with E-state index in [-0.39, 0.29) is 141 Å². The summed E-state index contributed by atoms with van der Waals surface area (Å²) in [5, 5.41) is 98.8. The van der Waals surface area contributed by atoms with Crippen LogP contribution >= 0.6 is 0 Å². The molecule has 2 saturated heterocycles. The summed E-state index contributed by atoms with van der Waals surface area (Å²) in [6.07, 6.45) is -1.93. The van der Waals surface area contributed by atoms with Crippen molar-refractivity contribution < 1.29 is 107 Å². The number of aliphatic carboxylic acids is 5. The molecule has 0 spiro atoms. The van der Waals surface area contributed by atoms with Gasteiger partial charge in [0.05, 0.1) is 58.7 Å². The van der Waals surface area contributed by atoms with Crippen molar-refractivity contribution >= 4 is 113 Å². The predicted octanol–water partition coefficient (Wildman–Crippen LogP) is -8.18. The maximum Gasteiger partial charge on any atom is 0.317 e. The summed E-state index contributed by atoms with van der Waals surface area (Å²) in [6.45, 7) is -5.49. The van der Waals surface area contributed by atoms with Crippen molar-refractivity contribution in [3.05, 3.63) is 71.8 Å². The minimum atomic E-state index is -1.72. The van der Waals surface area contributed by atoms with Crippen LogP contribution in [0.25, 0.3) is 0 Å². The van der Waals surface area contributed by atoms with E-state index in [2.05, 4.69) is 74.4 Å². The molecule has 2 aromatic carbocycles. The minimum absolute atomic E-state index is 0.0793. The average Bonchev–Trinajstić information content (AvgIpc) is 1.67. The smallest absolute Gasteiger partial charge is 0.317 e. The largest absolute Gasteiger partial charge is 0.481 e. The van der Waals surface area contributed by atoms with Crippen LogP contribution in [0.2, 0.25) is 0 Å². The number of benzene rings is 2. The Morgan fingerprint density at radius 2 is 0.640 bits per heavy atom. The average molecular weight is 1560 g/mol. The number of carboxylic acids is 5. The van der Waals surface area contributed by atoms with Gasteiger partial charge < -0.3 is 111 Å². The maximum absolute atomic E-state index is 14.2. The lowest BCUT2D eigenvalue weighted by Gasteiger charge is -2.28. The molecule has 8 atom stereocenters. The number of nitrogens with one attached hydrogen (secondary N) is 16. The Kier molecular flexibility index (Phi) is 40.3. The van der Waals surface area contributed by atoms with Crippen LogP contribution in [0.3, 0.4) is 0 Å². The number of hydrogen-bond donors (Lipinski definition) is 23. The lowest BCUT2D eigenvalue weighted by atomic mass is 10.0. The van der Waals surface area contributed by atoms with E-state index < -0.39 is 208 Å². The standard InChI is InChI=1S/C68H101N21O22/c69-67(70)75-23-11-19-42-59(104)77-33-50(90)79-48(31-54(94)95)65(110)85-46(29-40-13-3-1-4-14-40)63(108)83-44(61(106)81-42)17-7-9-21-73-52(92)35-88(38-57(100)101)27-25-87(37-56(98)99)26-28-89(39-58(102)103)36-53(93)74-22-10-8-18-45-62(107)82-43(20-12-24-76-68(71)72)60(105)78-34-51(91)80-49(32-55(96)97)66(111)86-47(64(109)84-45)30-41-15-5-2-6-16-41/h1-6,13-16,42-49H,7-12,17-39H2,(H,73,92)(H,74,93)(H,77,104)(H,78,105)(H,79,90)(H,80,91)(H,81,106)(H,82,107)(H,83,108)(H,84,109)(H,85,110)(H,86,111)(H,94,95)(H,96,97)(H,98,99)(H,100,101)(H,102,103)(H4,69,70,75)(H4,71,72,76)/t42-,43?,44-,45-,46+,47+,48-,49-/m0/s1. The number of unbranched alkanes of at least 4 members (excludes halogenated alkanes) is 2. The molecular weight excluding hydrogens is 1460 g/mol. The van der Waals surface area contributed by atoms with E-state index in [1.807, 2.05) is 0 Å². The Morgan fingerprint density at radius 1 is 0.351 bits per heavy atom. The Balaban J connectivity index is 1.42. The van der Waals surface area contributed by atoms with Gasteiger partial charge in [-0.25, -0.2) is 0 Å². The first-order valence-corrected chi connectivity index (χ1v) is 35.7. The highest BCUT2D eigenvalue weighted by Gasteiger charge is 2.36. The molecule has 0 aromatic heterocycles. The van der Waals surface area contributed by atoms with Gasteiger partial charge in [-0.3, -0.25) is 107 Å². The van der Waals surface area contributed by atoms with Crippen LogP contribution < -0.4 is 85.9 Å². The second-order valence-corrected chi connectivity index (χ2v) is 26.2. The fraction of sp³-hybridized carbons (Fsp3) is 0.544. The number of nitrogens with two attached hydrogens (primary N) is 2. The fourth-order valence-electron chi connectivity index (χ4n) is 11.5. The molecule has 2 aliphatic rings. The zero-order valence-corrected chi connectivity index (χ0v) is 61.1. The first kappa shape index (κ1) is 91.2. The van der Waals surface area contributed by atoms with Crippen molar-refractivity contribution in [1.29, 1.82) is 10.8 Å². The van der Waals surface area contributed by atoms with Gasteiger partial charge in [-0.1, -0.05) is 60.7 Å². The van der Waals surface area contributed by atoms with E-state index >= 15 is 0 Å². The summed E-state index contributed by atoms with van der Waals surface area (Å²) in [5.41, 5.74) is 11.9. The Morgan fingerprint density at radius 3 is 0.973 bits per heavy atom. The normalized spacial score (nSPS) is 19.8. The molecule has 2 heterocycles. The molecule has 2 fully saturated rings. The minimum Gasteiger partial charge on any atom is -0.481 e. The van der Waals surface area contributed by atoms with Crippen LogP contribution in [-0.4, -0.2) is 299 Å². The van der Waals surface area contributed by atoms with Crippen LogP contribution in [0.5, 0.6) is 0 Å². The molecule has 4 rings (SSSR count). The summed E-state index contributed by atoms with van der Waals surface area (Å²) >= 11 is 0. The van der Waals surface area contributed by atoms with Crippen molar-refractivity contribution in [2.75, 3.05) is 98.2 Å². The molecule has 43 heteroatoms. The molecular formula is C68H101N21O22. The highest BCUT2D eigenvalue weighted by atomic mass is 16.4. The molecule has 1 unspecified atom stereocenters. The van der Waals surface area contributed by atoms with Crippen LogP contribution in [-0.2, 0) is 94.3 Å². The highest BCUT2D eigenvalue weighted by molar-refractivity contribution is 6.00. The van der Waals surface area contributed by atoms with Gasteiger partial charge in [0.1, 0.15) is 48.3 Å². The first-order chi connectivity index (χ1) is 52.7. The lowest BCUT2D eigenvalue weighted by molar-refractivity contribution is -0.141. The van der Waals surface area contributed by atoms with Crippen molar-refractivity contribution in [3.63, 3.8) is 0 Å². The number of carbonyl (C=O) groups excluding carboxylic acids is 12. The van der Waals surface area contributed by atoms with Crippen molar-refractivity contribution in [3.8, 4) is 0 Å². The van der Waals surface area contributed by atoms with Crippen molar-refractivity contribution in [2.24, 2.45) is 11.5 Å². The number of hydrogen-bond acceptors (Lipinski definition) is 22. The number of guanidine groups is 2. The quantitative estimate of drug-likeness (QED) is 0.0167. The molecule has 111 heavy (non-hydrogen) atoms. The Bertz CT molecular complexity index is 3360. The third kappa shape index (κ3) is 38.0. The number of carboxylic acid groups (broad SMARTS) is 5.